The Balaban J connectivity index is 1.62. The molecule has 2 aliphatic rings. The third-order valence-corrected chi connectivity index (χ3v) is 4.69. The van der Waals surface area contributed by atoms with E-state index in [9.17, 15) is 9.59 Å². The number of methoxy groups -OCH3 is 1. The lowest BCUT2D eigenvalue weighted by molar-refractivity contribution is -0.126. The number of carbonyl (C=O) groups is 2. The van der Waals surface area contributed by atoms with E-state index in [-0.39, 0.29) is 11.9 Å². The Hall–Kier alpha value is -3.28. The van der Waals surface area contributed by atoms with E-state index in [1.807, 2.05) is 54.6 Å². The van der Waals surface area contributed by atoms with Gasteiger partial charge in [0.05, 0.1) is 31.0 Å². The molecule has 6 heteroatoms. The molecule has 26 heavy (non-hydrogen) atoms. The molecule has 1 unspecified atom stereocenters. The number of rotatable bonds is 4. The first-order valence-electron chi connectivity index (χ1n) is 8.43. The predicted octanol–water partition coefficient (Wildman–Crippen LogP) is 2.35. The molecule has 2 N–H and O–H groups in total. The summed E-state index contributed by atoms with van der Waals surface area (Å²) in [5.41, 5.74) is 3.19. The van der Waals surface area contributed by atoms with Crippen LogP contribution in [0.4, 0.5) is 4.79 Å². The molecular weight excluding hydrogens is 330 g/mol. The number of urea groups is 1. The molecule has 4 rings (SSSR count). The van der Waals surface area contributed by atoms with Crippen molar-refractivity contribution in [2.75, 3.05) is 13.7 Å². The van der Waals surface area contributed by atoms with Crippen LogP contribution in [0.15, 0.2) is 65.9 Å². The van der Waals surface area contributed by atoms with Crippen LogP contribution >= 0.6 is 0 Å². The molecule has 0 bridgehead atoms. The van der Waals surface area contributed by atoms with E-state index >= 15 is 0 Å². The minimum absolute atomic E-state index is 0.0582. The van der Waals surface area contributed by atoms with Crippen molar-refractivity contribution in [3.8, 4) is 5.75 Å². The fraction of sp³-hybridized carbons (Fsp3) is 0.200. The van der Waals surface area contributed by atoms with Crippen molar-refractivity contribution < 1.29 is 14.3 Å². The fourth-order valence-corrected chi connectivity index (χ4v) is 3.41. The third kappa shape index (κ3) is 2.90. The van der Waals surface area contributed by atoms with Crippen molar-refractivity contribution in [3.63, 3.8) is 0 Å². The Kier molecular flexibility index (Phi) is 4.08. The summed E-state index contributed by atoms with van der Waals surface area (Å²) in [5, 5.41) is 5.65. The Labute approximate surface area is 151 Å². The number of ether oxygens (including phenoxy) is 1. The number of hydrogen-bond donors (Lipinski definition) is 2. The van der Waals surface area contributed by atoms with Crippen LogP contribution in [0.25, 0.3) is 0 Å². The fourth-order valence-electron chi connectivity index (χ4n) is 3.41. The molecule has 0 aliphatic carbocycles. The Morgan fingerprint density at radius 1 is 1.08 bits per heavy atom. The number of carbonyl (C=O) groups excluding carboxylic acids is 2. The monoisotopic (exact) mass is 349 g/mol. The molecule has 3 amide bonds. The van der Waals surface area contributed by atoms with Gasteiger partial charge in [-0.3, -0.25) is 4.79 Å². The molecule has 1 atom stereocenters. The molecule has 0 spiro atoms. The second-order valence-corrected chi connectivity index (χ2v) is 6.34. The second-order valence-electron chi connectivity index (χ2n) is 6.34. The summed E-state index contributed by atoms with van der Waals surface area (Å²) in [4.78, 5) is 26.8. The van der Waals surface area contributed by atoms with Crippen molar-refractivity contribution in [1.82, 2.24) is 15.5 Å². The lowest BCUT2D eigenvalue weighted by Crippen LogP contribution is -2.44. The molecule has 2 heterocycles. The Morgan fingerprint density at radius 2 is 1.81 bits per heavy atom. The minimum atomic E-state index is -0.460. The molecule has 2 aromatic carbocycles. The Morgan fingerprint density at radius 3 is 2.50 bits per heavy atom. The normalized spacial score (nSPS) is 19.1. The first kappa shape index (κ1) is 16.2. The van der Waals surface area contributed by atoms with Gasteiger partial charge in [-0.25, -0.2) is 4.79 Å². The van der Waals surface area contributed by atoms with E-state index in [2.05, 4.69) is 10.6 Å². The number of hydrogen-bond acceptors (Lipinski definition) is 3. The molecule has 0 radical (unpaired) electrons. The Bertz CT molecular complexity index is 875. The third-order valence-electron chi connectivity index (χ3n) is 4.69. The van der Waals surface area contributed by atoms with Gasteiger partial charge in [0, 0.05) is 6.54 Å². The summed E-state index contributed by atoms with van der Waals surface area (Å²) in [5.74, 6) is 0.670. The standard InChI is InChI=1S/C20H19N3O3/c1-26-15-9-7-14(8-10-15)18-17-16(21-20(25)22-18)12-23(19(17)24)11-13-5-3-2-4-6-13/h2-10,18H,11-12H2,1H3,(H2,21,22,25). The van der Waals surface area contributed by atoms with Crippen LogP contribution < -0.4 is 15.4 Å². The molecule has 0 saturated carbocycles. The molecule has 2 aromatic rings. The van der Waals surface area contributed by atoms with Crippen LogP contribution in [0.5, 0.6) is 5.75 Å². The maximum atomic E-state index is 13.0. The van der Waals surface area contributed by atoms with Gasteiger partial charge < -0.3 is 20.3 Å². The summed E-state index contributed by atoms with van der Waals surface area (Å²) in [6.45, 7) is 0.918. The van der Waals surface area contributed by atoms with Crippen LogP contribution in [-0.2, 0) is 11.3 Å². The number of benzene rings is 2. The van der Waals surface area contributed by atoms with Crippen molar-refractivity contribution in [2.24, 2.45) is 0 Å². The summed E-state index contributed by atoms with van der Waals surface area (Å²) >= 11 is 0. The van der Waals surface area contributed by atoms with Crippen molar-refractivity contribution in [1.29, 1.82) is 0 Å². The minimum Gasteiger partial charge on any atom is -0.497 e. The molecule has 6 nitrogen and oxygen atoms in total. The highest BCUT2D eigenvalue weighted by atomic mass is 16.5. The molecule has 132 valence electrons. The average Bonchev–Trinajstić information content (AvgIpc) is 2.97. The summed E-state index contributed by atoms with van der Waals surface area (Å²) in [6, 6.07) is 16.5. The zero-order valence-electron chi connectivity index (χ0n) is 14.4. The van der Waals surface area contributed by atoms with Crippen LogP contribution in [0, 0.1) is 0 Å². The molecule has 2 aliphatic heterocycles. The molecule has 0 aromatic heterocycles. The van der Waals surface area contributed by atoms with Crippen LogP contribution in [-0.4, -0.2) is 30.5 Å². The highest BCUT2D eigenvalue weighted by molar-refractivity contribution is 6.01. The number of nitrogens with one attached hydrogen (secondary N) is 2. The molecule has 0 saturated heterocycles. The van der Waals surface area contributed by atoms with E-state index in [0.717, 1.165) is 16.9 Å². The lowest BCUT2D eigenvalue weighted by atomic mass is 9.96. The van der Waals surface area contributed by atoms with Gasteiger partial charge in [0.2, 0.25) is 0 Å². The van der Waals surface area contributed by atoms with Crippen LogP contribution in [0.3, 0.4) is 0 Å². The molecular formula is C20H19N3O3. The first-order chi connectivity index (χ1) is 12.7. The maximum absolute atomic E-state index is 13.0. The van der Waals surface area contributed by atoms with E-state index in [4.69, 9.17) is 4.74 Å². The number of amides is 3. The van der Waals surface area contributed by atoms with Gasteiger partial charge in [-0.05, 0) is 23.3 Å². The van der Waals surface area contributed by atoms with Gasteiger partial charge in [-0.1, -0.05) is 42.5 Å². The zero-order valence-corrected chi connectivity index (χ0v) is 14.4. The average molecular weight is 349 g/mol. The van der Waals surface area contributed by atoms with Gasteiger partial charge >= 0.3 is 6.03 Å². The van der Waals surface area contributed by atoms with Gasteiger partial charge in [-0.2, -0.15) is 0 Å². The summed E-state index contributed by atoms with van der Waals surface area (Å²) in [6.07, 6.45) is 0. The van der Waals surface area contributed by atoms with Crippen molar-refractivity contribution >= 4 is 11.9 Å². The van der Waals surface area contributed by atoms with E-state index < -0.39 is 6.04 Å². The van der Waals surface area contributed by atoms with Gasteiger partial charge in [0.1, 0.15) is 5.75 Å². The van der Waals surface area contributed by atoms with Crippen LogP contribution in [0.1, 0.15) is 17.2 Å². The van der Waals surface area contributed by atoms with Gasteiger partial charge in [-0.15, -0.1) is 0 Å². The lowest BCUT2D eigenvalue weighted by Gasteiger charge is -2.25. The topological polar surface area (TPSA) is 70.7 Å². The number of nitrogens with zero attached hydrogens (tertiary/aromatic N) is 1. The second kappa shape index (κ2) is 6.55. The van der Waals surface area contributed by atoms with E-state index in [1.165, 1.54) is 0 Å². The quantitative estimate of drug-likeness (QED) is 0.890. The highest BCUT2D eigenvalue weighted by Gasteiger charge is 2.40. The van der Waals surface area contributed by atoms with Crippen molar-refractivity contribution in [2.45, 2.75) is 12.6 Å². The summed E-state index contributed by atoms with van der Waals surface area (Å²) in [7, 11) is 1.60. The zero-order chi connectivity index (χ0) is 18.1. The van der Waals surface area contributed by atoms with Crippen molar-refractivity contribution in [3.05, 3.63) is 77.0 Å². The van der Waals surface area contributed by atoms with Gasteiger partial charge in [0.15, 0.2) is 0 Å². The highest BCUT2D eigenvalue weighted by Crippen LogP contribution is 2.33. The predicted molar refractivity (Wildman–Crippen MR) is 96.3 cm³/mol. The maximum Gasteiger partial charge on any atom is 0.319 e. The first-order valence-corrected chi connectivity index (χ1v) is 8.43. The SMILES string of the molecule is COc1ccc(C2NC(=O)NC3=C2C(=O)N(Cc2ccccc2)C3)cc1. The van der Waals surface area contributed by atoms with Gasteiger partial charge in [0.25, 0.3) is 5.91 Å². The summed E-state index contributed by atoms with van der Waals surface area (Å²) < 4.78 is 5.18. The van der Waals surface area contributed by atoms with E-state index in [0.29, 0.717) is 24.4 Å². The smallest absolute Gasteiger partial charge is 0.319 e. The largest absolute Gasteiger partial charge is 0.497 e. The molecule has 0 fully saturated rings. The van der Waals surface area contributed by atoms with E-state index in [1.54, 1.807) is 12.0 Å². The van der Waals surface area contributed by atoms with Crippen LogP contribution in [0.2, 0.25) is 0 Å².